The molecule has 0 aromatic heterocycles. The lowest BCUT2D eigenvalue weighted by Crippen LogP contribution is -2.05. The standard InChI is InChI=1S/C11H16O/c1-8-7-10(8)6-5-9-3-2-4-11(9)12/h9-10H,1-7H2/t9-,10-/m1/s1. The molecule has 0 N–H and O–H groups in total. The summed E-state index contributed by atoms with van der Waals surface area (Å²) in [5, 5.41) is 0. The lowest BCUT2D eigenvalue weighted by molar-refractivity contribution is -0.120. The van der Waals surface area contributed by atoms with Crippen LogP contribution in [0.25, 0.3) is 0 Å². The van der Waals surface area contributed by atoms with E-state index in [9.17, 15) is 4.79 Å². The molecule has 0 aromatic rings. The first-order valence-electron chi connectivity index (χ1n) is 4.98. The smallest absolute Gasteiger partial charge is 0.135 e. The number of allylic oxidation sites excluding steroid dienone is 1. The predicted octanol–water partition coefficient (Wildman–Crippen LogP) is 2.71. The van der Waals surface area contributed by atoms with Crippen LogP contribution in [0.3, 0.4) is 0 Å². The van der Waals surface area contributed by atoms with Gasteiger partial charge in [-0.1, -0.05) is 12.2 Å². The van der Waals surface area contributed by atoms with E-state index in [1.807, 2.05) is 0 Å². The first-order chi connectivity index (χ1) is 5.77. The molecular weight excluding hydrogens is 148 g/mol. The minimum absolute atomic E-state index is 0.415. The highest BCUT2D eigenvalue weighted by atomic mass is 16.1. The average molecular weight is 164 g/mol. The van der Waals surface area contributed by atoms with E-state index in [2.05, 4.69) is 6.58 Å². The van der Waals surface area contributed by atoms with Crippen molar-refractivity contribution in [3.05, 3.63) is 12.2 Å². The van der Waals surface area contributed by atoms with Crippen LogP contribution in [-0.2, 0) is 4.79 Å². The molecule has 1 heteroatoms. The van der Waals surface area contributed by atoms with Gasteiger partial charge in [-0.2, -0.15) is 0 Å². The normalized spacial score (nSPS) is 34.3. The van der Waals surface area contributed by atoms with Crippen molar-refractivity contribution >= 4 is 5.78 Å². The van der Waals surface area contributed by atoms with Crippen LogP contribution in [0, 0.1) is 11.8 Å². The summed E-state index contributed by atoms with van der Waals surface area (Å²) in [5.41, 5.74) is 1.40. The Balaban J connectivity index is 1.72. The number of rotatable bonds is 3. The Labute approximate surface area is 73.8 Å². The van der Waals surface area contributed by atoms with Gasteiger partial charge in [-0.25, -0.2) is 0 Å². The number of Topliss-reactive ketones (excluding diaryl/α,β-unsaturated/α-hetero) is 1. The van der Waals surface area contributed by atoms with Gasteiger partial charge in [0.15, 0.2) is 0 Å². The van der Waals surface area contributed by atoms with E-state index >= 15 is 0 Å². The molecule has 2 saturated carbocycles. The Kier molecular flexibility index (Phi) is 2.03. The van der Waals surface area contributed by atoms with Crippen molar-refractivity contribution < 1.29 is 4.79 Å². The molecule has 0 unspecified atom stereocenters. The largest absolute Gasteiger partial charge is 0.299 e. The van der Waals surface area contributed by atoms with Crippen LogP contribution in [0.4, 0.5) is 0 Å². The van der Waals surface area contributed by atoms with Gasteiger partial charge in [0.25, 0.3) is 0 Å². The van der Waals surface area contributed by atoms with Gasteiger partial charge in [0, 0.05) is 12.3 Å². The first kappa shape index (κ1) is 8.03. The van der Waals surface area contributed by atoms with Crippen molar-refractivity contribution in [1.29, 1.82) is 0 Å². The molecule has 0 heterocycles. The molecule has 2 rings (SSSR count). The summed E-state index contributed by atoms with van der Waals surface area (Å²) < 4.78 is 0. The number of hydrogen-bond acceptors (Lipinski definition) is 1. The molecule has 0 amide bonds. The lowest BCUT2D eigenvalue weighted by atomic mass is 9.99. The Morgan fingerprint density at radius 1 is 1.33 bits per heavy atom. The van der Waals surface area contributed by atoms with Gasteiger partial charge in [-0.05, 0) is 38.0 Å². The maximum atomic E-state index is 11.3. The minimum atomic E-state index is 0.415. The second-order valence-electron chi connectivity index (χ2n) is 4.19. The van der Waals surface area contributed by atoms with Crippen LogP contribution in [-0.4, -0.2) is 5.78 Å². The van der Waals surface area contributed by atoms with Gasteiger partial charge in [0.2, 0.25) is 0 Å². The fourth-order valence-electron chi connectivity index (χ4n) is 2.16. The minimum Gasteiger partial charge on any atom is -0.299 e. The molecule has 12 heavy (non-hydrogen) atoms. The zero-order valence-electron chi connectivity index (χ0n) is 7.51. The number of hydrogen-bond donors (Lipinski definition) is 0. The number of ketones is 1. The predicted molar refractivity (Wildman–Crippen MR) is 48.8 cm³/mol. The molecule has 2 fully saturated rings. The van der Waals surface area contributed by atoms with Crippen molar-refractivity contribution in [2.24, 2.45) is 11.8 Å². The van der Waals surface area contributed by atoms with E-state index in [0.717, 1.165) is 31.6 Å². The van der Waals surface area contributed by atoms with Crippen molar-refractivity contribution in [2.75, 3.05) is 0 Å². The second-order valence-corrected chi connectivity index (χ2v) is 4.19. The zero-order chi connectivity index (χ0) is 8.55. The summed E-state index contributed by atoms with van der Waals surface area (Å²) in [4.78, 5) is 11.3. The third-order valence-corrected chi connectivity index (χ3v) is 3.22. The third-order valence-electron chi connectivity index (χ3n) is 3.22. The van der Waals surface area contributed by atoms with E-state index in [1.165, 1.54) is 18.4 Å². The van der Waals surface area contributed by atoms with E-state index < -0.39 is 0 Å². The summed E-state index contributed by atoms with van der Waals surface area (Å²) in [6, 6.07) is 0. The molecule has 0 aromatic carbocycles. The summed E-state index contributed by atoms with van der Waals surface area (Å²) in [6.45, 7) is 3.93. The van der Waals surface area contributed by atoms with E-state index in [-0.39, 0.29) is 0 Å². The second kappa shape index (κ2) is 3.04. The van der Waals surface area contributed by atoms with Crippen LogP contribution in [0.5, 0.6) is 0 Å². The van der Waals surface area contributed by atoms with Crippen LogP contribution in [0.1, 0.15) is 38.5 Å². The molecule has 2 atom stereocenters. The van der Waals surface area contributed by atoms with Gasteiger partial charge in [0.05, 0.1) is 0 Å². The summed E-state index contributed by atoms with van der Waals surface area (Å²) >= 11 is 0. The average Bonchev–Trinajstić information content (AvgIpc) is 2.57. The highest BCUT2D eigenvalue weighted by molar-refractivity contribution is 5.82. The first-order valence-corrected chi connectivity index (χ1v) is 4.98. The third kappa shape index (κ3) is 1.60. The molecular formula is C11H16O. The molecule has 0 saturated heterocycles. The molecule has 0 spiro atoms. The van der Waals surface area contributed by atoms with Crippen molar-refractivity contribution in [3.63, 3.8) is 0 Å². The fourth-order valence-corrected chi connectivity index (χ4v) is 2.16. The van der Waals surface area contributed by atoms with Crippen LogP contribution in [0.15, 0.2) is 12.2 Å². The summed E-state index contributed by atoms with van der Waals surface area (Å²) in [6.07, 6.45) is 6.70. The molecule has 0 bridgehead atoms. The highest BCUT2D eigenvalue weighted by Gasteiger charge is 2.30. The van der Waals surface area contributed by atoms with E-state index in [0.29, 0.717) is 11.7 Å². The van der Waals surface area contributed by atoms with Gasteiger partial charge >= 0.3 is 0 Å². The molecule has 0 radical (unpaired) electrons. The Hall–Kier alpha value is -0.590. The molecule has 66 valence electrons. The van der Waals surface area contributed by atoms with Crippen LogP contribution in [0.2, 0.25) is 0 Å². The monoisotopic (exact) mass is 164 g/mol. The molecule has 2 aliphatic carbocycles. The van der Waals surface area contributed by atoms with Crippen molar-refractivity contribution in [2.45, 2.75) is 38.5 Å². The maximum Gasteiger partial charge on any atom is 0.135 e. The van der Waals surface area contributed by atoms with Crippen molar-refractivity contribution in [1.82, 2.24) is 0 Å². The van der Waals surface area contributed by atoms with Gasteiger partial charge < -0.3 is 0 Å². The molecule has 2 aliphatic rings. The Morgan fingerprint density at radius 3 is 2.50 bits per heavy atom. The van der Waals surface area contributed by atoms with Gasteiger partial charge in [-0.3, -0.25) is 4.79 Å². The summed E-state index contributed by atoms with van der Waals surface area (Å²) in [7, 11) is 0. The Morgan fingerprint density at radius 2 is 2.00 bits per heavy atom. The zero-order valence-corrected chi connectivity index (χ0v) is 7.51. The fraction of sp³-hybridized carbons (Fsp3) is 0.727. The molecule has 1 nitrogen and oxygen atoms in total. The van der Waals surface area contributed by atoms with Crippen LogP contribution < -0.4 is 0 Å². The highest BCUT2D eigenvalue weighted by Crippen LogP contribution is 2.41. The molecule has 0 aliphatic heterocycles. The summed E-state index contributed by atoms with van der Waals surface area (Å²) in [5.74, 6) is 1.71. The van der Waals surface area contributed by atoms with Gasteiger partial charge in [-0.15, -0.1) is 0 Å². The topological polar surface area (TPSA) is 17.1 Å². The van der Waals surface area contributed by atoms with Crippen LogP contribution >= 0.6 is 0 Å². The quantitative estimate of drug-likeness (QED) is 0.586. The van der Waals surface area contributed by atoms with E-state index in [1.54, 1.807) is 0 Å². The lowest BCUT2D eigenvalue weighted by Gasteiger charge is -2.05. The number of carbonyl (C=O) groups is 1. The van der Waals surface area contributed by atoms with Gasteiger partial charge in [0.1, 0.15) is 5.78 Å². The maximum absolute atomic E-state index is 11.3. The van der Waals surface area contributed by atoms with Crippen molar-refractivity contribution in [3.8, 4) is 0 Å². The number of carbonyl (C=O) groups excluding carboxylic acids is 1. The SMILES string of the molecule is C=C1C[C@H]1CC[C@H]1CCCC1=O. The van der Waals surface area contributed by atoms with E-state index in [4.69, 9.17) is 0 Å². The Bertz CT molecular complexity index is 217.